The summed E-state index contributed by atoms with van der Waals surface area (Å²) in [5.41, 5.74) is 1.41. The van der Waals surface area contributed by atoms with Gasteiger partial charge in [0.2, 0.25) is 0 Å². The highest BCUT2D eigenvalue weighted by Crippen LogP contribution is 2.50. The molecule has 0 nitrogen and oxygen atoms in total. The highest BCUT2D eigenvalue weighted by molar-refractivity contribution is 8.05. The Bertz CT molecular complexity index is 782. The maximum Gasteiger partial charge on any atom is 0.0395 e. The van der Waals surface area contributed by atoms with Crippen LogP contribution in [0.25, 0.3) is 0 Å². The molecule has 3 aromatic carbocycles. The normalized spacial score (nSPS) is 11.7. The highest BCUT2D eigenvalue weighted by atomic mass is 32.2. The van der Waals surface area contributed by atoms with Gasteiger partial charge >= 0.3 is 0 Å². The van der Waals surface area contributed by atoms with Gasteiger partial charge < -0.3 is 0 Å². The van der Waals surface area contributed by atoms with Crippen molar-refractivity contribution >= 4 is 36.2 Å². The van der Waals surface area contributed by atoms with Gasteiger partial charge in [0.05, 0.1) is 0 Å². The first-order valence-electron chi connectivity index (χ1n) is 7.58. The lowest BCUT2D eigenvalue weighted by Gasteiger charge is -2.18. The number of rotatable bonds is 1. The Labute approximate surface area is 152 Å². The quantitative estimate of drug-likeness (QED) is 0.372. The van der Waals surface area contributed by atoms with Crippen molar-refractivity contribution in [2.24, 2.45) is 0 Å². The van der Waals surface area contributed by atoms with E-state index in [1.165, 1.54) is 25.1 Å². The fraction of sp³-hybridized carbons (Fsp3) is 0.100. The Balaban J connectivity index is 0.000000166. The van der Waals surface area contributed by atoms with E-state index in [4.69, 9.17) is 0 Å². The summed E-state index contributed by atoms with van der Waals surface area (Å²) in [6, 6.07) is 25.2. The zero-order valence-electron chi connectivity index (χ0n) is 12.9. The molecule has 0 unspecified atom stereocenters. The lowest BCUT2D eigenvalue weighted by Crippen LogP contribution is -1.89. The van der Waals surface area contributed by atoms with E-state index < -0.39 is 0 Å². The SMILES string of the molecule is CCc1ccccc1.Sc1cccc2c1Sc1ccccc1S2. The zero-order chi connectivity index (χ0) is 16.1. The van der Waals surface area contributed by atoms with Crippen LogP contribution in [0.1, 0.15) is 12.5 Å². The second kappa shape index (κ2) is 8.00. The van der Waals surface area contributed by atoms with E-state index in [1.807, 2.05) is 35.7 Å². The molecule has 0 saturated carbocycles. The van der Waals surface area contributed by atoms with Crippen molar-refractivity contribution in [3.05, 3.63) is 78.4 Å². The standard InChI is InChI=1S/C12H8S3.C8H10/c13-8-4-3-7-11-12(8)15-10-6-2-1-5-9(10)14-11;1-2-8-6-4-3-5-7-8/h1-7,13H;3-7H,2H2,1H3. The minimum atomic E-state index is 1.07. The lowest BCUT2D eigenvalue weighted by atomic mass is 10.2. The number of hydrogen-bond donors (Lipinski definition) is 1. The van der Waals surface area contributed by atoms with Crippen molar-refractivity contribution in [3.63, 3.8) is 0 Å². The average Bonchev–Trinajstić information content (AvgIpc) is 2.62. The van der Waals surface area contributed by atoms with Crippen molar-refractivity contribution in [2.45, 2.75) is 37.8 Å². The van der Waals surface area contributed by atoms with E-state index in [9.17, 15) is 0 Å². The van der Waals surface area contributed by atoms with Crippen molar-refractivity contribution in [3.8, 4) is 0 Å². The molecule has 1 aliphatic heterocycles. The predicted molar refractivity (Wildman–Crippen MR) is 104 cm³/mol. The summed E-state index contributed by atoms with van der Waals surface area (Å²) < 4.78 is 0. The first-order chi connectivity index (χ1) is 11.3. The molecule has 4 rings (SSSR count). The van der Waals surface area contributed by atoms with Crippen LogP contribution < -0.4 is 0 Å². The maximum absolute atomic E-state index is 4.49. The Hall–Kier alpha value is -1.29. The average molecular weight is 355 g/mol. The summed E-state index contributed by atoms with van der Waals surface area (Å²) in [6.45, 7) is 2.16. The van der Waals surface area contributed by atoms with Crippen LogP contribution in [0.15, 0.2) is 97.3 Å². The third kappa shape index (κ3) is 4.17. The van der Waals surface area contributed by atoms with Crippen LogP contribution in [0.2, 0.25) is 0 Å². The number of hydrogen-bond acceptors (Lipinski definition) is 3. The van der Waals surface area contributed by atoms with E-state index in [2.05, 4.69) is 80.2 Å². The number of benzene rings is 3. The van der Waals surface area contributed by atoms with Gasteiger partial charge in [-0.05, 0) is 36.2 Å². The molecule has 1 aliphatic rings. The molecule has 0 N–H and O–H groups in total. The molecule has 0 spiro atoms. The van der Waals surface area contributed by atoms with Crippen LogP contribution in [-0.2, 0) is 6.42 Å². The Kier molecular flexibility index (Phi) is 5.76. The van der Waals surface area contributed by atoms with Gasteiger partial charge in [-0.1, -0.05) is 79.0 Å². The molecule has 3 heteroatoms. The summed E-state index contributed by atoms with van der Waals surface area (Å²) >= 11 is 8.13. The van der Waals surface area contributed by atoms with Crippen LogP contribution >= 0.6 is 36.2 Å². The smallest absolute Gasteiger partial charge is 0.0395 e. The van der Waals surface area contributed by atoms with Gasteiger partial charge in [0.15, 0.2) is 0 Å². The van der Waals surface area contributed by atoms with Crippen LogP contribution in [0, 0.1) is 0 Å². The van der Waals surface area contributed by atoms with E-state index in [0.29, 0.717) is 0 Å². The molecule has 1 heterocycles. The van der Waals surface area contributed by atoms with Gasteiger partial charge in [-0.25, -0.2) is 0 Å². The summed E-state index contributed by atoms with van der Waals surface area (Å²) in [6.07, 6.45) is 1.14. The summed E-state index contributed by atoms with van der Waals surface area (Å²) in [5.74, 6) is 0. The van der Waals surface area contributed by atoms with Crippen molar-refractivity contribution in [1.29, 1.82) is 0 Å². The predicted octanol–water partition coefficient (Wildman–Crippen LogP) is 6.84. The highest BCUT2D eigenvalue weighted by Gasteiger charge is 2.17. The molecule has 0 saturated heterocycles. The molecule has 0 radical (unpaired) electrons. The molecule has 0 bridgehead atoms. The summed E-state index contributed by atoms with van der Waals surface area (Å²) in [4.78, 5) is 6.33. The van der Waals surface area contributed by atoms with Gasteiger partial charge in [-0.2, -0.15) is 0 Å². The van der Waals surface area contributed by atoms with E-state index in [-0.39, 0.29) is 0 Å². The summed E-state index contributed by atoms with van der Waals surface area (Å²) in [7, 11) is 0. The third-order valence-corrected chi connectivity index (χ3v) is 6.63. The van der Waals surface area contributed by atoms with E-state index >= 15 is 0 Å². The van der Waals surface area contributed by atoms with Crippen LogP contribution in [-0.4, -0.2) is 0 Å². The summed E-state index contributed by atoms with van der Waals surface area (Å²) in [5, 5.41) is 0. The second-order valence-electron chi connectivity index (χ2n) is 5.09. The van der Waals surface area contributed by atoms with Gasteiger partial charge in [0, 0.05) is 24.5 Å². The van der Waals surface area contributed by atoms with Gasteiger partial charge in [0.1, 0.15) is 0 Å². The van der Waals surface area contributed by atoms with Crippen molar-refractivity contribution < 1.29 is 0 Å². The van der Waals surface area contributed by atoms with Gasteiger partial charge in [-0.15, -0.1) is 12.6 Å². The minimum Gasteiger partial charge on any atom is -0.142 e. The molecule has 3 aromatic rings. The topological polar surface area (TPSA) is 0 Å². The van der Waals surface area contributed by atoms with E-state index in [0.717, 1.165) is 11.3 Å². The van der Waals surface area contributed by atoms with E-state index in [1.54, 1.807) is 0 Å². The van der Waals surface area contributed by atoms with Crippen molar-refractivity contribution in [2.75, 3.05) is 0 Å². The molecule has 116 valence electrons. The van der Waals surface area contributed by atoms with Crippen molar-refractivity contribution in [1.82, 2.24) is 0 Å². The fourth-order valence-corrected chi connectivity index (χ4v) is 4.95. The number of thiol groups is 1. The lowest BCUT2D eigenvalue weighted by molar-refractivity contribution is 1.08. The largest absolute Gasteiger partial charge is 0.142 e. The Morgan fingerprint density at radius 3 is 1.96 bits per heavy atom. The molecule has 0 fully saturated rings. The zero-order valence-corrected chi connectivity index (χ0v) is 15.4. The third-order valence-electron chi connectivity index (χ3n) is 3.49. The Morgan fingerprint density at radius 1 is 0.696 bits per heavy atom. The Morgan fingerprint density at radius 2 is 1.30 bits per heavy atom. The second-order valence-corrected chi connectivity index (χ2v) is 7.71. The molecule has 23 heavy (non-hydrogen) atoms. The van der Waals surface area contributed by atoms with Crippen LogP contribution in [0.3, 0.4) is 0 Å². The van der Waals surface area contributed by atoms with Crippen LogP contribution in [0.5, 0.6) is 0 Å². The molecule has 0 aromatic heterocycles. The first kappa shape index (κ1) is 16.6. The number of aryl methyl sites for hydroxylation is 1. The van der Waals surface area contributed by atoms with Gasteiger partial charge in [0.25, 0.3) is 0 Å². The van der Waals surface area contributed by atoms with Gasteiger partial charge in [-0.3, -0.25) is 0 Å². The number of fused-ring (bicyclic) bond motifs is 2. The maximum atomic E-state index is 4.49. The fourth-order valence-electron chi connectivity index (χ4n) is 2.25. The first-order valence-corrected chi connectivity index (χ1v) is 9.66. The van der Waals surface area contributed by atoms with Crippen LogP contribution in [0.4, 0.5) is 0 Å². The monoisotopic (exact) mass is 354 g/mol. The molecular formula is C20H18S3. The molecule has 0 aliphatic carbocycles. The molecular weight excluding hydrogens is 336 g/mol. The minimum absolute atomic E-state index is 1.07. The molecule has 0 amide bonds. The molecule has 0 atom stereocenters.